The smallest absolute Gasteiger partial charge is 0.0635 e. The third-order valence-electron chi connectivity index (χ3n) is 1.08. The minimum atomic E-state index is 0.544. The molecule has 2 nitrogen and oxygen atoms in total. The number of aromatic amines is 1. The number of rotatable bonds is 1. The molecule has 0 aliphatic carbocycles. The Labute approximate surface area is 52.9 Å². The van der Waals surface area contributed by atoms with Crippen molar-refractivity contribution in [1.82, 2.24) is 10.2 Å². The van der Waals surface area contributed by atoms with Gasteiger partial charge in [-0.25, -0.2) is 0 Å². The maximum Gasteiger partial charge on any atom is 0.0635 e. The summed E-state index contributed by atoms with van der Waals surface area (Å²) in [6.07, 6.45) is 1.81. The van der Waals surface area contributed by atoms with Gasteiger partial charge in [-0.2, -0.15) is 5.10 Å². The van der Waals surface area contributed by atoms with Crippen LogP contribution < -0.4 is 0 Å². The van der Waals surface area contributed by atoms with Gasteiger partial charge in [0.2, 0.25) is 0 Å². The summed E-state index contributed by atoms with van der Waals surface area (Å²) in [4.78, 5) is 0. The number of hydrogen-bond donors (Lipinski definition) is 1. The maximum absolute atomic E-state index is 5.51. The fourth-order valence-corrected chi connectivity index (χ4v) is 0.789. The van der Waals surface area contributed by atoms with Crippen LogP contribution in [0.2, 0.25) is 0 Å². The fourth-order valence-electron chi connectivity index (χ4n) is 0.519. The number of nitrogens with one attached hydrogen (secondary N) is 1. The lowest BCUT2D eigenvalue weighted by Gasteiger charge is -1.83. The molecule has 0 saturated carbocycles. The van der Waals surface area contributed by atoms with Crippen LogP contribution in [0.25, 0.3) is 0 Å². The Morgan fingerprint density at radius 3 is 2.88 bits per heavy atom. The highest BCUT2D eigenvalue weighted by Crippen LogP contribution is 2.04. The highest BCUT2D eigenvalue weighted by atomic mass is 35.5. The van der Waals surface area contributed by atoms with Crippen molar-refractivity contribution in [1.29, 1.82) is 0 Å². The van der Waals surface area contributed by atoms with Crippen LogP contribution in [-0.2, 0) is 5.88 Å². The first-order chi connectivity index (χ1) is 3.84. The minimum Gasteiger partial charge on any atom is -0.285 e. The number of H-pyrrole nitrogens is 1. The van der Waals surface area contributed by atoms with Crippen molar-refractivity contribution in [2.24, 2.45) is 0 Å². The molecule has 1 heterocycles. The molecule has 0 aromatic carbocycles. The van der Waals surface area contributed by atoms with E-state index >= 15 is 0 Å². The Bertz CT molecular complexity index is 171. The predicted octanol–water partition coefficient (Wildman–Crippen LogP) is 1.46. The van der Waals surface area contributed by atoms with Gasteiger partial charge in [-0.05, 0) is 6.92 Å². The standard InChI is InChI=1S/C5H7ClN2/c1-4-5(2-6)3-7-8-4/h3H,2H2,1H3,(H,7,8). The summed E-state index contributed by atoms with van der Waals surface area (Å²) < 4.78 is 0. The van der Waals surface area contributed by atoms with Crippen LogP contribution in [0.5, 0.6) is 0 Å². The minimum absolute atomic E-state index is 0.544. The van der Waals surface area contributed by atoms with E-state index in [1.54, 1.807) is 0 Å². The van der Waals surface area contributed by atoms with Gasteiger partial charge in [-0.1, -0.05) is 0 Å². The van der Waals surface area contributed by atoms with E-state index in [-0.39, 0.29) is 0 Å². The van der Waals surface area contributed by atoms with Crippen LogP contribution in [0, 0.1) is 6.92 Å². The highest BCUT2D eigenvalue weighted by molar-refractivity contribution is 6.17. The van der Waals surface area contributed by atoms with E-state index in [1.807, 2.05) is 13.1 Å². The zero-order valence-corrected chi connectivity index (χ0v) is 5.37. The van der Waals surface area contributed by atoms with Crippen molar-refractivity contribution in [3.63, 3.8) is 0 Å². The topological polar surface area (TPSA) is 28.7 Å². The molecule has 0 aliphatic rings. The summed E-state index contributed by atoms with van der Waals surface area (Å²) >= 11 is 5.51. The zero-order chi connectivity index (χ0) is 5.98. The molecule has 0 spiro atoms. The van der Waals surface area contributed by atoms with Gasteiger partial charge in [0.25, 0.3) is 0 Å². The van der Waals surface area contributed by atoms with Gasteiger partial charge >= 0.3 is 0 Å². The van der Waals surface area contributed by atoms with Gasteiger partial charge in [-0.15, -0.1) is 11.6 Å². The molecule has 0 atom stereocenters. The molecule has 0 radical (unpaired) electrons. The van der Waals surface area contributed by atoms with E-state index in [2.05, 4.69) is 10.2 Å². The van der Waals surface area contributed by atoms with Crippen molar-refractivity contribution in [3.8, 4) is 0 Å². The van der Waals surface area contributed by atoms with Crippen molar-refractivity contribution >= 4 is 11.6 Å². The summed E-state index contributed by atoms with van der Waals surface area (Å²) in [7, 11) is 0. The van der Waals surface area contributed by atoms with Crippen LogP contribution in [-0.4, -0.2) is 10.2 Å². The lowest BCUT2D eigenvalue weighted by molar-refractivity contribution is 1.04. The molecule has 44 valence electrons. The predicted molar refractivity (Wildman–Crippen MR) is 32.9 cm³/mol. The lowest BCUT2D eigenvalue weighted by Crippen LogP contribution is -1.76. The first-order valence-electron chi connectivity index (χ1n) is 2.40. The maximum atomic E-state index is 5.51. The molecule has 0 fully saturated rings. The Hall–Kier alpha value is -0.500. The Morgan fingerprint density at radius 1 is 1.88 bits per heavy atom. The number of aryl methyl sites for hydroxylation is 1. The summed E-state index contributed by atoms with van der Waals surface area (Å²) in [6.45, 7) is 1.92. The van der Waals surface area contributed by atoms with Gasteiger partial charge < -0.3 is 0 Å². The van der Waals surface area contributed by atoms with Gasteiger partial charge in [0.15, 0.2) is 0 Å². The van der Waals surface area contributed by atoms with E-state index in [0.29, 0.717) is 5.88 Å². The molecule has 0 bridgehead atoms. The third-order valence-corrected chi connectivity index (χ3v) is 1.37. The van der Waals surface area contributed by atoms with E-state index in [1.165, 1.54) is 0 Å². The van der Waals surface area contributed by atoms with Crippen LogP contribution in [0.3, 0.4) is 0 Å². The molecular formula is C5H7ClN2. The van der Waals surface area contributed by atoms with E-state index in [0.717, 1.165) is 11.3 Å². The van der Waals surface area contributed by atoms with Gasteiger partial charge in [0.1, 0.15) is 0 Å². The van der Waals surface area contributed by atoms with E-state index < -0.39 is 0 Å². The second kappa shape index (κ2) is 2.18. The number of halogens is 1. The first-order valence-corrected chi connectivity index (χ1v) is 2.93. The quantitative estimate of drug-likeness (QED) is 0.573. The Balaban J connectivity index is 2.92. The molecule has 1 aromatic heterocycles. The average Bonchev–Trinajstić information content (AvgIpc) is 2.14. The molecule has 0 unspecified atom stereocenters. The molecule has 1 rings (SSSR count). The van der Waals surface area contributed by atoms with Gasteiger partial charge in [0.05, 0.1) is 11.6 Å². The first kappa shape index (κ1) is 5.63. The summed E-state index contributed by atoms with van der Waals surface area (Å²) in [5, 5.41) is 6.59. The Kier molecular flexibility index (Phi) is 1.53. The van der Waals surface area contributed by atoms with Crippen molar-refractivity contribution in [3.05, 3.63) is 17.5 Å². The van der Waals surface area contributed by atoms with E-state index in [9.17, 15) is 0 Å². The number of alkyl halides is 1. The number of aromatic nitrogens is 2. The zero-order valence-electron chi connectivity index (χ0n) is 4.61. The van der Waals surface area contributed by atoms with Crippen LogP contribution >= 0.6 is 11.6 Å². The van der Waals surface area contributed by atoms with Gasteiger partial charge in [-0.3, -0.25) is 5.10 Å². The second-order valence-electron chi connectivity index (χ2n) is 1.63. The second-order valence-corrected chi connectivity index (χ2v) is 1.90. The lowest BCUT2D eigenvalue weighted by atomic mass is 10.3. The molecule has 0 aliphatic heterocycles. The fraction of sp³-hybridized carbons (Fsp3) is 0.400. The van der Waals surface area contributed by atoms with Crippen LogP contribution in [0.4, 0.5) is 0 Å². The van der Waals surface area contributed by atoms with Crippen molar-refractivity contribution < 1.29 is 0 Å². The Morgan fingerprint density at radius 2 is 2.62 bits per heavy atom. The molecule has 0 amide bonds. The van der Waals surface area contributed by atoms with Crippen LogP contribution in [0.15, 0.2) is 6.20 Å². The summed E-state index contributed by atoms with van der Waals surface area (Å²) in [5.74, 6) is 0.544. The number of hydrogen-bond acceptors (Lipinski definition) is 1. The molecule has 8 heavy (non-hydrogen) atoms. The van der Waals surface area contributed by atoms with Crippen LogP contribution in [0.1, 0.15) is 11.3 Å². The number of nitrogens with zero attached hydrogens (tertiary/aromatic N) is 1. The SMILES string of the molecule is Cc1n[nH]cc1CCl. The molecular weight excluding hydrogens is 124 g/mol. The van der Waals surface area contributed by atoms with Crippen molar-refractivity contribution in [2.45, 2.75) is 12.8 Å². The summed E-state index contributed by atoms with van der Waals surface area (Å²) in [6, 6.07) is 0. The average molecular weight is 131 g/mol. The largest absolute Gasteiger partial charge is 0.285 e. The highest BCUT2D eigenvalue weighted by Gasteiger charge is 1.94. The molecule has 1 aromatic rings. The molecule has 3 heteroatoms. The normalized spacial score (nSPS) is 9.75. The summed E-state index contributed by atoms with van der Waals surface area (Å²) in [5.41, 5.74) is 2.06. The van der Waals surface area contributed by atoms with Gasteiger partial charge in [0, 0.05) is 11.8 Å². The molecule has 0 saturated heterocycles. The third kappa shape index (κ3) is 0.842. The monoisotopic (exact) mass is 130 g/mol. The molecule has 1 N–H and O–H groups in total. The van der Waals surface area contributed by atoms with E-state index in [4.69, 9.17) is 11.6 Å². The van der Waals surface area contributed by atoms with Crippen molar-refractivity contribution in [2.75, 3.05) is 0 Å².